The minimum Gasteiger partial charge on any atom is -0.382 e. The molecule has 0 rings (SSSR count). The van der Waals surface area contributed by atoms with E-state index in [-0.39, 0.29) is 27.1 Å². The molecule has 0 aliphatic rings. The van der Waals surface area contributed by atoms with Crippen LogP contribution >= 0.6 is 0 Å². The summed E-state index contributed by atoms with van der Waals surface area (Å²) in [7, 11) is 6.54. The Morgan fingerprint density at radius 1 is 0.375 bits per heavy atom. The SMILES string of the molecule is C.C.COCCOCC(COCCOC)OCCOC(COCCOC)COCCOC. The monoisotopic (exact) mass is 474 g/mol. The highest BCUT2D eigenvalue weighted by Crippen LogP contribution is 2.00. The average molecular weight is 475 g/mol. The molecule has 0 spiro atoms. The van der Waals surface area contributed by atoms with Crippen molar-refractivity contribution in [3.05, 3.63) is 0 Å². The molecule has 0 amide bonds. The third-order valence-electron chi connectivity index (χ3n) is 3.73. The molecule has 0 aliphatic carbocycles. The fourth-order valence-corrected chi connectivity index (χ4v) is 2.15. The summed E-state index contributed by atoms with van der Waals surface area (Å²) in [6.45, 7) is 6.63. The molecule has 0 aliphatic heterocycles. The van der Waals surface area contributed by atoms with Crippen LogP contribution in [0.25, 0.3) is 0 Å². The van der Waals surface area contributed by atoms with Crippen molar-refractivity contribution >= 4 is 0 Å². The van der Waals surface area contributed by atoms with Crippen LogP contribution < -0.4 is 0 Å². The van der Waals surface area contributed by atoms with E-state index in [0.29, 0.717) is 92.5 Å². The van der Waals surface area contributed by atoms with Crippen LogP contribution in [0.2, 0.25) is 0 Å². The number of hydrogen-bond donors (Lipinski definition) is 0. The van der Waals surface area contributed by atoms with Crippen molar-refractivity contribution in [2.24, 2.45) is 0 Å². The topological polar surface area (TPSA) is 92.3 Å². The smallest absolute Gasteiger partial charge is 0.104 e. The lowest BCUT2D eigenvalue weighted by molar-refractivity contribution is -0.106. The lowest BCUT2D eigenvalue weighted by atomic mass is 10.4. The summed E-state index contributed by atoms with van der Waals surface area (Å²) >= 11 is 0. The first-order chi connectivity index (χ1) is 14.8. The Balaban J connectivity index is -0.00000420. The lowest BCUT2D eigenvalue weighted by Gasteiger charge is -2.21. The minimum absolute atomic E-state index is 0. The Bertz CT molecular complexity index is 269. The van der Waals surface area contributed by atoms with Crippen LogP contribution in [0.5, 0.6) is 0 Å². The summed E-state index contributed by atoms with van der Waals surface area (Å²) < 4.78 is 53.9. The molecule has 0 aromatic rings. The maximum atomic E-state index is 5.86. The number of ether oxygens (including phenoxy) is 10. The fraction of sp³-hybridized carbons (Fsp3) is 1.00. The normalized spacial score (nSPS) is 11.1. The predicted molar refractivity (Wildman–Crippen MR) is 124 cm³/mol. The highest BCUT2D eigenvalue weighted by atomic mass is 16.6. The van der Waals surface area contributed by atoms with E-state index in [1.54, 1.807) is 28.4 Å². The Morgan fingerprint density at radius 3 is 0.844 bits per heavy atom. The van der Waals surface area contributed by atoms with Gasteiger partial charge in [-0.3, -0.25) is 0 Å². The van der Waals surface area contributed by atoms with Crippen LogP contribution in [0.1, 0.15) is 14.9 Å². The maximum absolute atomic E-state index is 5.86. The van der Waals surface area contributed by atoms with Gasteiger partial charge < -0.3 is 47.4 Å². The zero-order valence-electron chi connectivity index (χ0n) is 19.1. The quantitative estimate of drug-likeness (QED) is 0.182. The van der Waals surface area contributed by atoms with Gasteiger partial charge in [-0.15, -0.1) is 0 Å². The lowest BCUT2D eigenvalue weighted by Crippen LogP contribution is -2.31. The molecule has 0 unspecified atom stereocenters. The molecule has 198 valence electrons. The van der Waals surface area contributed by atoms with Crippen molar-refractivity contribution < 1.29 is 47.4 Å². The molecule has 0 atom stereocenters. The van der Waals surface area contributed by atoms with E-state index in [1.165, 1.54) is 0 Å². The third-order valence-corrected chi connectivity index (χ3v) is 3.73. The zero-order valence-corrected chi connectivity index (χ0v) is 19.1. The van der Waals surface area contributed by atoms with Crippen LogP contribution in [0.15, 0.2) is 0 Å². The van der Waals surface area contributed by atoms with Gasteiger partial charge >= 0.3 is 0 Å². The van der Waals surface area contributed by atoms with Gasteiger partial charge in [-0.25, -0.2) is 0 Å². The molecule has 32 heavy (non-hydrogen) atoms. The van der Waals surface area contributed by atoms with E-state index >= 15 is 0 Å². The van der Waals surface area contributed by atoms with Gasteiger partial charge in [-0.1, -0.05) is 14.9 Å². The summed E-state index contributed by atoms with van der Waals surface area (Å²) in [6, 6.07) is 0. The maximum Gasteiger partial charge on any atom is 0.104 e. The first-order valence-corrected chi connectivity index (χ1v) is 10.3. The highest BCUT2D eigenvalue weighted by molar-refractivity contribution is 4.58. The Morgan fingerprint density at radius 2 is 0.625 bits per heavy atom. The molecule has 0 aromatic carbocycles. The van der Waals surface area contributed by atoms with Crippen molar-refractivity contribution in [3.8, 4) is 0 Å². The predicted octanol–water partition coefficient (Wildman–Crippen LogP) is 1.68. The van der Waals surface area contributed by atoms with Crippen molar-refractivity contribution in [2.45, 2.75) is 27.1 Å². The molecule has 0 fully saturated rings. The second kappa shape index (κ2) is 30.6. The molecule has 10 nitrogen and oxygen atoms in total. The van der Waals surface area contributed by atoms with Crippen LogP contribution in [-0.2, 0) is 47.4 Å². The summed E-state index contributed by atoms with van der Waals surface area (Å²) in [6.07, 6.45) is -0.395. The first-order valence-electron chi connectivity index (χ1n) is 10.3. The van der Waals surface area contributed by atoms with Gasteiger partial charge in [0.05, 0.1) is 92.5 Å². The molecule has 0 saturated carbocycles. The van der Waals surface area contributed by atoms with Crippen LogP contribution in [0.3, 0.4) is 0 Å². The largest absolute Gasteiger partial charge is 0.382 e. The number of methoxy groups -OCH3 is 4. The second-order valence-electron chi connectivity index (χ2n) is 6.26. The highest BCUT2D eigenvalue weighted by Gasteiger charge is 2.13. The van der Waals surface area contributed by atoms with Gasteiger partial charge in [0.1, 0.15) is 12.2 Å². The standard InChI is InChI=1S/C20H42O10.2CH4/c1-21-5-9-25-15-19(16-26-10-6-22-2)29-13-14-30-20(17-27-11-7-23-3)18-28-12-8-24-4;;/h19-20H,5-18H2,1-4H3;2*1H4. The van der Waals surface area contributed by atoms with Gasteiger partial charge in [-0.2, -0.15) is 0 Å². The second-order valence-corrected chi connectivity index (χ2v) is 6.26. The van der Waals surface area contributed by atoms with Crippen molar-refractivity contribution in [1.82, 2.24) is 0 Å². The molecular weight excluding hydrogens is 424 g/mol. The molecule has 0 heterocycles. The van der Waals surface area contributed by atoms with E-state index in [9.17, 15) is 0 Å². The van der Waals surface area contributed by atoms with E-state index in [0.717, 1.165) is 0 Å². The average Bonchev–Trinajstić information content (AvgIpc) is 2.76. The van der Waals surface area contributed by atoms with Gasteiger partial charge in [0.2, 0.25) is 0 Å². The summed E-state index contributed by atoms with van der Waals surface area (Å²) in [5, 5.41) is 0. The molecule has 0 N–H and O–H groups in total. The summed E-state index contributed by atoms with van der Waals surface area (Å²) in [5.74, 6) is 0. The minimum atomic E-state index is -0.198. The zero-order chi connectivity index (χ0) is 22.1. The van der Waals surface area contributed by atoms with E-state index in [2.05, 4.69) is 0 Å². The molecule has 0 aromatic heterocycles. The van der Waals surface area contributed by atoms with Crippen LogP contribution in [0, 0.1) is 0 Å². The van der Waals surface area contributed by atoms with Gasteiger partial charge in [-0.05, 0) is 0 Å². The van der Waals surface area contributed by atoms with Gasteiger partial charge in [0.25, 0.3) is 0 Å². The Kier molecular flexibility index (Phi) is 34.6. The van der Waals surface area contributed by atoms with Crippen LogP contribution in [-0.4, -0.2) is 133 Å². The van der Waals surface area contributed by atoms with Crippen molar-refractivity contribution in [2.75, 3.05) is 121 Å². The fourth-order valence-electron chi connectivity index (χ4n) is 2.15. The molecule has 0 bridgehead atoms. The molecular formula is C22H50O10. The van der Waals surface area contributed by atoms with Crippen LogP contribution in [0.4, 0.5) is 0 Å². The summed E-state index contributed by atoms with van der Waals surface area (Å²) in [4.78, 5) is 0. The van der Waals surface area contributed by atoms with E-state index in [1.807, 2.05) is 0 Å². The third kappa shape index (κ3) is 25.9. The van der Waals surface area contributed by atoms with E-state index in [4.69, 9.17) is 47.4 Å². The Hall–Kier alpha value is -0.400. The van der Waals surface area contributed by atoms with Crippen molar-refractivity contribution in [1.29, 1.82) is 0 Å². The molecule has 0 radical (unpaired) electrons. The number of hydrogen-bond acceptors (Lipinski definition) is 10. The first kappa shape index (κ1) is 36.2. The van der Waals surface area contributed by atoms with Gasteiger partial charge in [0, 0.05) is 28.4 Å². The molecule has 10 heteroatoms. The molecule has 0 saturated heterocycles. The summed E-state index contributed by atoms with van der Waals surface area (Å²) in [5.41, 5.74) is 0. The van der Waals surface area contributed by atoms with E-state index < -0.39 is 0 Å². The van der Waals surface area contributed by atoms with Gasteiger partial charge in [0.15, 0.2) is 0 Å². The van der Waals surface area contributed by atoms with Crippen molar-refractivity contribution in [3.63, 3.8) is 0 Å². The Labute approximate surface area is 196 Å². The number of rotatable bonds is 25.